The van der Waals surface area contributed by atoms with Gasteiger partial charge in [-0.05, 0) is 32.2 Å². The number of H-pyrrole nitrogens is 1. The molecule has 2 rings (SSSR count). The quantitative estimate of drug-likeness (QED) is 0.830. The van der Waals surface area contributed by atoms with Crippen LogP contribution >= 0.6 is 0 Å². The fraction of sp³-hybridized carbons (Fsp3) is 0.750. The van der Waals surface area contributed by atoms with Crippen LogP contribution in [-0.2, 0) is 0 Å². The van der Waals surface area contributed by atoms with Crippen LogP contribution in [0.5, 0.6) is 0 Å². The summed E-state index contributed by atoms with van der Waals surface area (Å²) < 4.78 is 0. The number of rotatable bonds is 4. The number of carbonyl (C=O) groups excluding carboxylic acids is 1. The molecule has 1 amide bonds. The van der Waals surface area contributed by atoms with Gasteiger partial charge >= 0.3 is 0 Å². The number of aromatic amines is 1. The summed E-state index contributed by atoms with van der Waals surface area (Å²) in [5, 5.41) is 13.5. The van der Waals surface area contributed by atoms with Gasteiger partial charge in [-0.1, -0.05) is 6.92 Å². The molecule has 1 aromatic rings. The molecule has 18 heavy (non-hydrogen) atoms. The van der Waals surface area contributed by atoms with Crippen molar-refractivity contribution in [1.29, 1.82) is 0 Å². The van der Waals surface area contributed by atoms with Crippen molar-refractivity contribution in [3.8, 4) is 0 Å². The zero-order valence-electron chi connectivity index (χ0n) is 11.0. The van der Waals surface area contributed by atoms with Crippen molar-refractivity contribution >= 4 is 5.91 Å². The van der Waals surface area contributed by atoms with E-state index in [0.717, 1.165) is 32.2 Å². The van der Waals surface area contributed by atoms with Gasteiger partial charge in [-0.15, -0.1) is 0 Å². The summed E-state index contributed by atoms with van der Waals surface area (Å²) >= 11 is 0. The zero-order chi connectivity index (χ0) is 13.0. The summed E-state index contributed by atoms with van der Waals surface area (Å²) in [5.41, 5.74) is 0.395. The maximum Gasteiger partial charge on any atom is 0.276 e. The Morgan fingerprint density at radius 3 is 2.78 bits per heavy atom. The van der Waals surface area contributed by atoms with Gasteiger partial charge in [-0.3, -0.25) is 4.79 Å². The number of nitrogens with zero attached hydrogens (tertiary/aromatic N) is 3. The van der Waals surface area contributed by atoms with E-state index >= 15 is 0 Å². The van der Waals surface area contributed by atoms with Crippen LogP contribution in [0.15, 0.2) is 6.20 Å². The van der Waals surface area contributed by atoms with Crippen LogP contribution in [0.3, 0.4) is 0 Å². The second kappa shape index (κ2) is 5.95. The highest BCUT2D eigenvalue weighted by atomic mass is 16.2. The molecule has 1 aromatic heterocycles. The van der Waals surface area contributed by atoms with Gasteiger partial charge in [0.1, 0.15) is 0 Å². The SMILES string of the molecule is CCNC1CCC(N(C)C(=O)c2cn[nH]n2)CC1. The Bertz CT molecular complexity index is 370. The van der Waals surface area contributed by atoms with E-state index in [0.29, 0.717) is 17.8 Å². The van der Waals surface area contributed by atoms with Crippen LogP contribution in [0.25, 0.3) is 0 Å². The Kier molecular flexibility index (Phi) is 4.30. The van der Waals surface area contributed by atoms with Gasteiger partial charge < -0.3 is 10.2 Å². The Morgan fingerprint density at radius 2 is 2.22 bits per heavy atom. The van der Waals surface area contributed by atoms with E-state index in [1.54, 1.807) is 4.90 Å². The third-order valence-corrected chi connectivity index (χ3v) is 3.69. The van der Waals surface area contributed by atoms with Crippen LogP contribution in [0.2, 0.25) is 0 Å². The van der Waals surface area contributed by atoms with Gasteiger partial charge in [0, 0.05) is 19.1 Å². The highest BCUT2D eigenvalue weighted by molar-refractivity contribution is 5.91. The van der Waals surface area contributed by atoms with Crippen molar-refractivity contribution in [3.05, 3.63) is 11.9 Å². The third kappa shape index (κ3) is 2.87. The van der Waals surface area contributed by atoms with Gasteiger partial charge in [0.05, 0.1) is 6.20 Å². The molecule has 0 aliphatic heterocycles. The molecule has 0 aromatic carbocycles. The molecular weight excluding hydrogens is 230 g/mol. The topological polar surface area (TPSA) is 73.9 Å². The summed E-state index contributed by atoms with van der Waals surface area (Å²) in [6.45, 7) is 3.15. The number of amides is 1. The Balaban J connectivity index is 1.87. The second-order valence-corrected chi connectivity index (χ2v) is 4.83. The minimum atomic E-state index is -0.0457. The minimum absolute atomic E-state index is 0.0457. The lowest BCUT2D eigenvalue weighted by atomic mass is 9.90. The number of aromatic nitrogens is 3. The fourth-order valence-electron chi connectivity index (χ4n) is 2.61. The molecule has 0 spiro atoms. The second-order valence-electron chi connectivity index (χ2n) is 4.83. The standard InChI is InChI=1S/C12H21N5O/c1-3-13-9-4-6-10(7-5-9)17(2)12(18)11-8-14-16-15-11/h8-10,13H,3-7H2,1-2H3,(H,14,15,16). The third-order valence-electron chi connectivity index (χ3n) is 3.69. The molecule has 6 heteroatoms. The van der Waals surface area contributed by atoms with E-state index < -0.39 is 0 Å². The molecule has 0 saturated heterocycles. The summed E-state index contributed by atoms with van der Waals surface area (Å²) in [4.78, 5) is 13.9. The van der Waals surface area contributed by atoms with Gasteiger partial charge in [-0.25, -0.2) is 0 Å². The predicted molar refractivity (Wildman–Crippen MR) is 68.2 cm³/mol. The van der Waals surface area contributed by atoms with Gasteiger partial charge in [0.15, 0.2) is 5.69 Å². The van der Waals surface area contributed by atoms with Gasteiger partial charge in [0.2, 0.25) is 0 Å². The first kappa shape index (κ1) is 13.0. The number of hydrogen-bond donors (Lipinski definition) is 2. The molecule has 2 N–H and O–H groups in total. The lowest BCUT2D eigenvalue weighted by molar-refractivity contribution is 0.0678. The first-order valence-corrected chi connectivity index (χ1v) is 6.58. The lowest BCUT2D eigenvalue weighted by Crippen LogP contribution is -2.43. The van der Waals surface area contributed by atoms with Gasteiger partial charge in [0.25, 0.3) is 5.91 Å². The summed E-state index contributed by atoms with van der Waals surface area (Å²) in [6, 6.07) is 0.936. The fourth-order valence-corrected chi connectivity index (χ4v) is 2.61. The first-order valence-electron chi connectivity index (χ1n) is 6.58. The molecule has 0 bridgehead atoms. The van der Waals surface area contributed by atoms with Crippen molar-refractivity contribution in [3.63, 3.8) is 0 Å². The van der Waals surface area contributed by atoms with Crippen molar-refractivity contribution < 1.29 is 4.79 Å². The average Bonchev–Trinajstić information content (AvgIpc) is 2.92. The lowest BCUT2D eigenvalue weighted by Gasteiger charge is -2.34. The normalized spacial score (nSPS) is 23.9. The van der Waals surface area contributed by atoms with E-state index in [1.807, 2.05) is 7.05 Å². The molecule has 0 unspecified atom stereocenters. The summed E-state index contributed by atoms with van der Waals surface area (Å²) in [7, 11) is 1.86. The molecule has 6 nitrogen and oxygen atoms in total. The van der Waals surface area contributed by atoms with E-state index in [-0.39, 0.29) is 5.91 Å². The van der Waals surface area contributed by atoms with E-state index in [9.17, 15) is 4.79 Å². The van der Waals surface area contributed by atoms with Crippen LogP contribution in [0.1, 0.15) is 43.1 Å². The molecule has 1 aliphatic carbocycles. The van der Waals surface area contributed by atoms with E-state index in [2.05, 4.69) is 27.7 Å². The van der Waals surface area contributed by atoms with Crippen LogP contribution in [0.4, 0.5) is 0 Å². The highest BCUT2D eigenvalue weighted by Crippen LogP contribution is 2.23. The Hall–Kier alpha value is -1.43. The molecule has 1 saturated carbocycles. The number of carbonyl (C=O) groups is 1. The molecule has 100 valence electrons. The Labute approximate surface area is 107 Å². The maximum absolute atomic E-state index is 12.1. The molecule has 0 atom stereocenters. The van der Waals surface area contributed by atoms with Crippen molar-refractivity contribution in [1.82, 2.24) is 25.6 Å². The monoisotopic (exact) mass is 251 g/mol. The van der Waals surface area contributed by atoms with Crippen molar-refractivity contribution in [2.45, 2.75) is 44.7 Å². The van der Waals surface area contributed by atoms with E-state index in [4.69, 9.17) is 0 Å². The van der Waals surface area contributed by atoms with Crippen LogP contribution in [0, 0.1) is 0 Å². The molecule has 1 heterocycles. The average molecular weight is 251 g/mol. The summed E-state index contributed by atoms with van der Waals surface area (Å²) in [5.74, 6) is -0.0457. The van der Waals surface area contributed by atoms with Gasteiger partial charge in [-0.2, -0.15) is 15.4 Å². The number of nitrogens with one attached hydrogen (secondary N) is 2. The largest absolute Gasteiger partial charge is 0.337 e. The van der Waals surface area contributed by atoms with E-state index in [1.165, 1.54) is 6.20 Å². The molecular formula is C12H21N5O. The Morgan fingerprint density at radius 1 is 1.50 bits per heavy atom. The smallest absolute Gasteiger partial charge is 0.276 e. The number of hydrogen-bond acceptors (Lipinski definition) is 4. The zero-order valence-corrected chi connectivity index (χ0v) is 11.0. The summed E-state index contributed by atoms with van der Waals surface area (Å²) in [6.07, 6.45) is 5.85. The van der Waals surface area contributed by atoms with Crippen LogP contribution in [-0.4, -0.2) is 51.9 Å². The first-order chi connectivity index (χ1) is 8.72. The predicted octanol–water partition coefficient (Wildman–Crippen LogP) is 0.797. The molecule has 0 radical (unpaired) electrons. The minimum Gasteiger partial charge on any atom is -0.337 e. The van der Waals surface area contributed by atoms with Crippen LogP contribution < -0.4 is 5.32 Å². The maximum atomic E-state index is 12.1. The molecule has 1 aliphatic rings. The van der Waals surface area contributed by atoms with Crippen molar-refractivity contribution in [2.24, 2.45) is 0 Å². The van der Waals surface area contributed by atoms with Crippen molar-refractivity contribution in [2.75, 3.05) is 13.6 Å². The highest BCUT2D eigenvalue weighted by Gasteiger charge is 2.27. The molecule has 1 fully saturated rings.